The van der Waals surface area contributed by atoms with Gasteiger partial charge in [0.1, 0.15) is 0 Å². The minimum atomic E-state index is -0.898. The van der Waals surface area contributed by atoms with Crippen LogP contribution in [0.25, 0.3) is 11.5 Å². The van der Waals surface area contributed by atoms with E-state index in [4.69, 9.17) is 4.52 Å². The lowest BCUT2D eigenvalue weighted by atomic mass is 10.2. The van der Waals surface area contributed by atoms with Crippen molar-refractivity contribution in [2.45, 2.75) is 6.92 Å². The molecule has 6 nitrogen and oxygen atoms in total. The van der Waals surface area contributed by atoms with Gasteiger partial charge in [-0.15, -0.1) is 0 Å². The number of aryl methyl sites for hydroxylation is 1. The third kappa shape index (κ3) is 1.74. The van der Waals surface area contributed by atoms with Crippen molar-refractivity contribution >= 4 is 5.69 Å². The van der Waals surface area contributed by atoms with E-state index in [0.717, 1.165) is 12.1 Å². The molecule has 0 aliphatic carbocycles. The van der Waals surface area contributed by atoms with Crippen molar-refractivity contribution in [2.75, 3.05) is 0 Å². The molecule has 0 saturated heterocycles. The summed E-state index contributed by atoms with van der Waals surface area (Å²) in [6.07, 6.45) is 0. The fourth-order valence-corrected chi connectivity index (χ4v) is 1.20. The predicted molar refractivity (Wildman–Crippen MR) is 51.1 cm³/mol. The van der Waals surface area contributed by atoms with Gasteiger partial charge in [0.25, 0.3) is 5.89 Å². The molecule has 2 rings (SSSR count). The number of nitro groups is 1. The molecule has 0 aliphatic rings. The van der Waals surface area contributed by atoms with E-state index in [2.05, 4.69) is 10.1 Å². The van der Waals surface area contributed by atoms with Crippen LogP contribution in [0.5, 0.6) is 0 Å². The van der Waals surface area contributed by atoms with Gasteiger partial charge in [-0.05, 0) is 19.1 Å². The van der Waals surface area contributed by atoms with E-state index in [9.17, 15) is 14.5 Å². The van der Waals surface area contributed by atoms with E-state index in [-0.39, 0.29) is 5.89 Å². The molecule has 0 fully saturated rings. The van der Waals surface area contributed by atoms with Crippen molar-refractivity contribution in [3.8, 4) is 11.5 Å². The zero-order valence-electron chi connectivity index (χ0n) is 8.18. The van der Waals surface area contributed by atoms with Crippen LogP contribution in [0.1, 0.15) is 5.82 Å². The van der Waals surface area contributed by atoms with Gasteiger partial charge < -0.3 is 4.52 Å². The molecule has 0 radical (unpaired) electrons. The van der Waals surface area contributed by atoms with Crippen LogP contribution in [-0.4, -0.2) is 15.1 Å². The highest BCUT2D eigenvalue weighted by Crippen LogP contribution is 2.24. The first-order valence-electron chi connectivity index (χ1n) is 4.32. The Kier molecular flexibility index (Phi) is 2.35. The fourth-order valence-electron chi connectivity index (χ4n) is 1.20. The Labute approximate surface area is 88.9 Å². The Morgan fingerprint density at radius 3 is 2.81 bits per heavy atom. The normalized spacial score (nSPS) is 10.4. The van der Waals surface area contributed by atoms with Crippen LogP contribution >= 0.6 is 0 Å². The van der Waals surface area contributed by atoms with E-state index >= 15 is 0 Å². The molecule has 0 aliphatic heterocycles. The number of hydrogen-bond acceptors (Lipinski definition) is 5. The molecule has 7 heteroatoms. The topological polar surface area (TPSA) is 82.1 Å². The number of nitrogens with zero attached hydrogens (tertiary/aromatic N) is 3. The number of nitro benzene ring substituents is 1. The van der Waals surface area contributed by atoms with Crippen molar-refractivity contribution in [1.82, 2.24) is 10.1 Å². The van der Waals surface area contributed by atoms with Gasteiger partial charge in [0.15, 0.2) is 5.82 Å². The summed E-state index contributed by atoms with van der Waals surface area (Å²) in [5.41, 5.74) is -0.304. The monoisotopic (exact) mass is 223 g/mol. The highest BCUT2D eigenvalue weighted by atomic mass is 19.1. The molecule has 0 unspecified atom stereocenters. The van der Waals surface area contributed by atoms with Crippen LogP contribution in [-0.2, 0) is 0 Å². The molecule has 1 heterocycles. The maximum absolute atomic E-state index is 13.0. The van der Waals surface area contributed by atoms with E-state index in [1.165, 1.54) is 6.07 Å². The summed E-state index contributed by atoms with van der Waals surface area (Å²) >= 11 is 0. The van der Waals surface area contributed by atoms with Crippen molar-refractivity contribution < 1.29 is 13.8 Å². The van der Waals surface area contributed by atoms with E-state index in [1.807, 2.05) is 0 Å². The third-order valence-corrected chi connectivity index (χ3v) is 1.92. The maximum Gasteiger partial charge on any atom is 0.305 e. The number of halogens is 1. The molecule has 82 valence electrons. The highest BCUT2D eigenvalue weighted by Gasteiger charge is 2.17. The van der Waals surface area contributed by atoms with Crippen molar-refractivity contribution in [3.05, 3.63) is 40.0 Å². The van der Waals surface area contributed by atoms with Crippen LogP contribution < -0.4 is 0 Å². The maximum atomic E-state index is 13.0. The summed E-state index contributed by atoms with van der Waals surface area (Å²) in [6.45, 7) is 1.62. The van der Waals surface area contributed by atoms with Gasteiger partial charge in [0.05, 0.1) is 4.92 Å². The van der Waals surface area contributed by atoms with Gasteiger partial charge in [-0.25, -0.2) is 0 Å². The van der Waals surface area contributed by atoms with Crippen LogP contribution in [0.3, 0.4) is 0 Å². The van der Waals surface area contributed by atoms with Crippen LogP contribution in [0, 0.1) is 22.9 Å². The second kappa shape index (κ2) is 3.69. The summed E-state index contributed by atoms with van der Waals surface area (Å²) in [5, 5.41) is 14.0. The molecule has 0 amide bonds. The third-order valence-electron chi connectivity index (χ3n) is 1.92. The molecule has 0 atom stereocenters. The first-order chi connectivity index (χ1) is 7.58. The molecule has 0 bridgehead atoms. The number of hydrogen-bond donors (Lipinski definition) is 0. The first-order valence-corrected chi connectivity index (χ1v) is 4.32. The zero-order chi connectivity index (χ0) is 11.7. The van der Waals surface area contributed by atoms with E-state index in [1.54, 1.807) is 6.92 Å². The van der Waals surface area contributed by atoms with Gasteiger partial charge in [-0.3, -0.25) is 10.1 Å². The molecule has 1 aromatic carbocycles. The Morgan fingerprint density at radius 2 is 2.25 bits per heavy atom. The minimum Gasteiger partial charge on any atom is -0.334 e. The highest BCUT2D eigenvalue weighted by molar-refractivity contribution is 5.57. The van der Waals surface area contributed by atoms with Crippen molar-refractivity contribution in [1.29, 1.82) is 0 Å². The summed E-state index contributed by atoms with van der Waals surface area (Å²) in [4.78, 5) is 13.6. The largest absolute Gasteiger partial charge is 0.334 e. The summed E-state index contributed by atoms with van der Waals surface area (Å²) in [5.74, 6) is -0.368. The van der Waals surface area contributed by atoms with E-state index < -0.39 is 16.4 Å². The van der Waals surface area contributed by atoms with Gasteiger partial charge in [-0.1, -0.05) is 5.16 Å². The molecule has 2 aromatic rings. The second-order valence-corrected chi connectivity index (χ2v) is 3.07. The molecular weight excluding hydrogens is 217 g/mol. The summed E-state index contributed by atoms with van der Waals surface area (Å²) < 4.78 is 17.9. The molecule has 0 spiro atoms. The molecular formula is C9H6FN3O3. The van der Waals surface area contributed by atoms with Crippen molar-refractivity contribution in [3.63, 3.8) is 0 Å². The van der Waals surface area contributed by atoms with Crippen LogP contribution in [0.15, 0.2) is 22.7 Å². The van der Waals surface area contributed by atoms with Gasteiger partial charge >= 0.3 is 5.69 Å². The second-order valence-electron chi connectivity index (χ2n) is 3.07. The average Bonchev–Trinajstić information content (AvgIpc) is 2.65. The summed E-state index contributed by atoms with van der Waals surface area (Å²) in [7, 11) is 0. The lowest BCUT2D eigenvalue weighted by molar-refractivity contribution is -0.387. The lowest BCUT2D eigenvalue weighted by Gasteiger charge is -1.96. The Morgan fingerprint density at radius 1 is 1.50 bits per heavy atom. The Balaban J connectivity index is 2.51. The smallest absolute Gasteiger partial charge is 0.305 e. The molecule has 0 N–H and O–H groups in total. The fraction of sp³-hybridized carbons (Fsp3) is 0.111. The number of aromatic nitrogens is 2. The number of rotatable bonds is 2. The van der Waals surface area contributed by atoms with E-state index in [0.29, 0.717) is 11.4 Å². The molecule has 16 heavy (non-hydrogen) atoms. The zero-order valence-corrected chi connectivity index (χ0v) is 8.18. The SMILES string of the molecule is Cc1noc(-c2ccc(F)c([N+](=O)[O-])c2)n1. The first kappa shape index (κ1) is 10.2. The quantitative estimate of drug-likeness (QED) is 0.575. The molecule has 1 aromatic heterocycles. The standard InChI is InChI=1S/C9H6FN3O3/c1-5-11-9(16-12-5)6-2-3-7(10)8(4-6)13(14)15/h2-4H,1H3. The summed E-state index contributed by atoms with van der Waals surface area (Å²) in [6, 6.07) is 3.39. The van der Waals surface area contributed by atoms with Gasteiger partial charge in [0, 0.05) is 11.6 Å². The van der Waals surface area contributed by atoms with Gasteiger partial charge in [0.2, 0.25) is 5.82 Å². The van der Waals surface area contributed by atoms with Gasteiger partial charge in [-0.2, -0.15) is 9.37 Å². The lowest BCUT2D eigenvalue weighted by Crippen LogP contribution is -1.92. The van der Waals surface area contributed by atoms with Crippen molar-refractivity contribution in [2.24, 2.45) is 0 Å². The van der Waals surface area contributed by atoms with Crippen LogP contribution in [0.2, 0.25) is 0 Å². The Hall–Kier alpha value is -2.31. The average molecular weight is 223 g/mol. The number of benzene rings is 1. The molecule has 0 saturated carbocycles. The predicted octanol–water partition coefficient (Wildman–Crippen LogP) is 2.09. The van der Waals surface area contributed by atoms with Crippen LogP contribution in [0.4, 0.5) is 10.1 Å². The minimum absolute atomic E-state index is 0.126. The Bertz CT molecular complexity index is 553.